The minimum absolute atomic E-state index is 0.217. The summed E-state index contributed by atoms with van der Waals surface area (Å²) in [6, 6.07) is 7.61. The molecule has 0 spiro atoms. The lowest BCUT2D eigenvalue weighted by molar-refractivity contribution is -0.135. The topological polar surface area (TPSA) is 74.7 Å². The van der Waals surface area contributed by atoms with E-state index in [0.29, 0.717) is 14.8 Å². The number of carbonyl (C=O) groups is 1. The molecule has 0 aliphatic rings. The molecule has 23 heavy (non-hydrogen) atoms. The van der Waals surface area contributed by atoms with Crippen molar-refractivity contribution < 1.29 is 27.1 Å². The van der Waals surface area contributed by atoms with Crippen molar-refractivity contribution in [3.63, 3.8) is 0 Å². The van der Waals surface area contributed by atoms with Gasteiger partial charge in [-0.05, 0) is 36.4 Å². The maximum absolute atomic E-state index is 13.9. The predicted molar refractivity (Wildman–Crippen MR) is 82.7 cm³/mol. The largest absolute Gasteiger partial charge is 0.480 e. The molecule has 0 atom stereocenters. The van der Waals surface area contributed by atoms with E-state index < -0.39 is 39.9 Å². The van der Waals surface area contributed by atoms with Crippen LogP contribution in [0.1, 0.15) is 0 Å². The molecule has 0 aliphatic carbocycles. The molecule has 0 aromatic heterocycles. The Labute approximate surface area is 139 Å². The molecule has 0 aliphatic heterocycles. The maximum Gasteiger partial charge on any atom is 0.324 e. The summed E-state index contributed by atoms with van der Waals surface area (Å²) in [6.45, 7) is -0.999. The second kappa shape index (κ2) is 6.63. The minimum atomic E-state index is -4.33. The molecule has 0 saturated heterocycles. The molecule has 0 bridgehead atoms. The van der Waals surface area contributed by atoms with E-state index in [1.165, 1.54) is 24.3 Å². The normalized spacial score (nSPS) is 11.3. The molecule has 2 aromatic rings. The van der Waals surface area contributed by atoms with Gasteiger partial charge in [-0.15, -0.1) is 0 Å². The van der Waals surface area contributed by atoms with Crippen LogP contribution in [0.2, 0.25) is 0 Å². The summed E-state index contributed by atoms with van der Waals surface area (Å²) in [5, 5.41) is 8.93. The molecule has 0 amide bonds. The molecule has 0 saturated carbocycles. The van der Waals surface area contributed by atoms with Gasteiger partial charge in [-0.3, -0.25) is 9.10 Å². The standard InChI is InChI=1S/C14H10BrF2NO4S/c15-9-1-4-11(5-2-9)23(21,22)18(8-14(19)20)13-6-3-10(16)7-12(13)17/h1-7H,8H2,(H,19,20). The third-order valence-corrected chi connectivity index (χ3v) is 5.16. The van der Waals surface area contributed by atoms with Crippen LogP contribution >= 0.6 is 15.9 Å². The summed E-state index contributed by atoms with van der Waals surface area (Å²) in [7, 11) is -4.33. The first-order valence-corrected chi connectivity index (χ1v) is 8.40. The number of hydrogen-bond donors (Lipinski definition) is 1. The van der Waals surface area contributed by atoms with Crippen LogP contribution in [0.4, 0.5) is 14.5 Å². The summed E-state index contributed by atoms with van der Waals surface area (Å²) in [4.78, 5) is 10.8. The van der Waals surface area contributed by atoms with Crippen LogP contribution in [0.5, 0.6) is 0 Å². The van der Waals surface area contributed by atoms with Gasteiger partial charge in [0, 0.05) is 10.5 Å². The second-order valence-corrected chi connectivity index (χ2v) is 7.23. The third-order valence-electron chi connectivity index (χ3n) is 2.86. The number of aliphatic carboxylic acids is 1. The first-order valence-electron chi connectivity index (χ1n) is 6.17. The number of rotatable bonds is 5. The van der Waals surface area contributed by atoms with Gasteiger partial charge in [0.1, 0.15) is 18.2 Å². The zero-order chi connectivity index (χ0) is 17.2. The number of benzene rings is 2. The van der Waals surface area contributed by atoms with Gasteiger partial charge in [0.25, 0.3) is 10.0 Å². The predicted octanol–water partition coefficient (Wildman–Crippen LogP) is 3.01. The second-order valence-electron chi connectivity index (χ2n) is 4.46. The van der Waals surface area contributed by atoms with Crippen molar-refractivity contribution in [2.75, 3.05) is 10.8 Å². The fourth-order valence-corrected chi connectivity index (χ4v) is 3.53. The van der Waals surface area contributed by atoms with Gasteiger partial charge < -0.3 is 5.11 Å². The zero-order valence-electron chi connectivity index (χ0n) is 11.4. The third kappa shape index (κ3) is 3.85. The van der Waals surface area contributed by atoms with Crippen LogP contribution in [0.3, 0.4) is 0 Å². The van der Waals surface area contributed by atoms with Gasteiger partial charge in [0.15, 0.2) is 0 Å². The number of carboxylic acids is 1. The molecule has 0 unspecified atom stereocenters. The van der Waals surface area contributed by atoms with Crippen LogP contribution in [-0.2, 0) is 14.8 Å². The molecule has 1 N–H and O–H groups in total. The van der Waals surface area contributed by atoms with E-state index in [1.807, 2.05) is 0 Å². The lowest BCUT2D eigenvalue weighted by Gasteiger charge is -2.23. The first-order chi connectivity index (χ1) is 10.7. The fraction of sp³-hybridized carbons (Fsp3) is 0.0714. The average molecular weight is 406 g/mol. The zero-order valence-corrected chi connectivity index (χ0v) is 13.8. The van der Waals surface area contributed by atoms with Gasteiger partial charge in [-0.1, -0.05) is 15.9 Å². The SMILES string of the molecule is O=C(O)CN(c1ccc(F)cc1F)S(=O)(=O)c1ccc(Br)cc1. The van der Waals surface area contributed by atoms with E-state index in [4.69, 9.17) is 5.11 Å². The van der Waals surface area contributed by atoms with Gasteiger partial charge >= 0.3 is 5.97 Å². The summed E-state index contributed by atoms with van der Waals surface area (Å²) >= 11 is 3.15. The Morgan fingerprint density at radius 3 is 2.26 bits per heavy atom. The molecule has 0 heterocycles. The monoisotopic (exact) mass is 405 g/mol. The van der Waals surface area contributed by atoms with Crippen molar-refractivity contribution >= 4 is 37.6 Å². The van der Waals surface area contributed by atoms with Gasteiger partial charge in [0.05, 0.1) is 10.6 Å². The molecular weight excluding hydrogens is 396 g/mol. The smallest absolute Gasteiger partial charge is 0.324 e. The molecule has 0 radical (unpaired) electrons. The number of sulfonamides is 1. The number of halogens is 3. The van der Waals surface area contributed by atoms with Gasteiger partial charge in [0.2, 0.25) is 0 Å². The Kier molecular flexibility index (Phi) is 5.00. The Balaban J connectivity index is 2.57. The molecule has 122 valence electrons. The van der Waals surface area contributed by atoms with Crippen LogP contribution in [0.25, 0.3) is 0 Å². The quantitative estimate of drug-likeness (QED) is 0.829. The van der Waals surface area contributed by atoms with Gasteiger partial charge in [-0.25, -0.2) is 17.2 Å². The van der Waals surface area contributed by atoms with Crippen LogP contribution in [0.15, 0.2) is 51.8 Å². The Morgan fingerprint density at radius 1 is 1.13 bits per heavy atom. The Morgan fingerprint density at radius 2 is 1.74 bits per heavy atom. The molecule has 5 nitrogen and oxygen atoms in total. The van der Waals surface area contributed by atoms with E-state index in [9.17, 15) is 22.0 Å². The van der Waals surface area contributed by atoms with E-state index in [-0.39, 0.29) is 4.90 Å². The van der Waals surface area contributed by atoms with E-state index in [1.54, 1.807) is 0 Å². The summed E-state index contributed by atoms with van der Waals surface area (Å²) in [5.41, 5.74) is -0.545. The van der Waals surface area contributed by atoms with E-state index in [2.05, 4.69) is 15.9 Å². The minimum Gasteiger partial charge on any atom is -0.480 e. The molecular formula is C14H10BrF2NO4S. The highest BCUT2D eigenvalue weighted by Gasteiger charge is 2.29. The van der Waals surface area contributed by atoms with Crippen molar-refractivity contribution in [2.45, 2.75) is 4.90 Å². The van der Waals surface area contributed by atoms with Crippen molar-refractivity contribution in [3.8, 4) is 0 Å². The number of nitrogens with zero attached hydrogens (tertiary/aromatic N) is 1. The lowest BCUT2D eigenvalue weighted by Crippen LogP contribution is -2.36. The van der Waals surface area contributed by atoms with Crippen molar-refractivity contribution in [2.24, 2.45) is 0 Å². The molecule has 2 aromatic carbocycles. The maximum atomic E-state index is 13.9. The number of carboxylic acid groups (broad SMARTS) is 1. The summed E-state index contributed by atoms with van der Waals surface area (Å²) < 4.78 is 53.1. The number of anilines is 1. The fourth-order valence-electron chi connectivity index (χ4n) is 1.84. The van der Waals surface area contributed by atoms with Crippen LogP contribution < -0.4 is 4.31 Å². The Bertz CT molecular complexity index is 840. The van der Waals surface area contributed by atoms with Crippen LogP contribution in [-0.4, -0.2) is 26.0 Å². The highest BCUT2D eigenvalue weighted by atomic mass is 79.9. The molecule has 2 rings (SSSR count). The highest BCUT2D eigenvalue weighted by Crippen LogP contribution is 2.27. The molecule has 0 fully saturated rings. The van der Waals surface area contributed by atoms with Crippen LogP contribution in [0, 0.1) is 11.6 Å². The lowest BCUT2D eigenvalue weighted by atomic mass is 10.3. The van der Waals surface area contributed by atoms with Crippen molar-refractivity contribution in [1.82, 2.24) is 0 Å². The van der Waals surface area contributed by atoms with Crippen molar-refractivity contribution in [1.29, 1.82) is 0 Å². The van der Waals surface area contributed by atoms with Crippen molar-refractivity contribution in [3.05, 3.63) is 58.6 Å². The summed E-state index contributed by atoms with van der Waals surface area (Å²) in [5.74, 6) is -3.55. The first kappa shape index (κ1) is 17.4. The van der Waals surface area contributed by atoms with Gasteiger partial charge in [-0.2, -0.15) is 0 Å². The molecule has 9 heteroatoms. The van der Waals surface area contributed by atoms with E-state index >= 15 is 0 Å². The van der Waals surface area contributed by atoms with E-state index in [0.717, 1.165) is 12.1 Å². The highest BCUT2D eigenvalue weighted by molar-refractivity contribution is 9.10. The number of hydrogen-bond acceptors (Lipinski definition) is 3. The summed E-state index contributed by atoms with van der Waals surface area (Å²) in [6.07, 6.45) is 0. The Hall–Kier alpha value is -2.00. The average Bonchev–Trinajstić information content (AvgIpc) is 2.45.